The summed E-state index contributed by atoms with van der Waals surface area (Å²) in [6.07, 6.45) is 1.65. The number of carbonyl (C=O) groups is 1. The van der Waals surface area contributed by atoms with Gasteiger partial charge in [0, 0.05) is 6.54 Å². The van der Waals surface area contributed by atoms with Gasteiger partial charge in [-0.3, -0.25) is 4.79 Å². The van der Waals surface area contributed by atoms with Gasteiger partial charge in [0.15, 0.2) is 0 Å². The Morgan fingerprint density at radius 3 is 2.67 bits per heavy atom. The Morgan fingerprint density at radius 2 is 2.17 bits per heavy atom. The van der Waals surface area contributed by atoms with Crippen molar-refractivity contribution in [3.63, 3.8) is 0 Å². The molecule has 0 aliphatic carbocycles. The SMILES string of the molecule is CCc1ccc(OC)c(NC(=O)C(CC)CN)c1. The van der Waals surface area contributed by atoms with Crippen LogP contribution in [0, 0.1) is 5.92 Å². The average Bonchev–Trinajstić information content (AvgIpc) is 2.40. The van der Waals surface area contributed by atoms with E-state index in [0.717, 1.165) is 18.4 Å². The predicted octanol–water partition coefficient (Wildman–Crippen LogP) is 2.18. The summed E-state index contributed by atoms with van der Waals surface area (Å²) in [4.78, 5) is 12.0. The standard InChI is InChI=1S/C14H22N2O2/c1-4-10-6-7-13(18-3)12(8-10)16-14(17)11(5-2)9-15/h6-8,11H,4-5,9,15H2,1-3H3,(H,16,17). The summed E-state index contributed by atoms with van der Waals surface area (Å²) < 4.78 is 5.25. The van der Waals surface area contributed by atoms with Crippen molar-refractivity contribution in [3.8, 4) is 5.75 Å². The molecule has 0 bridgehead atoms. The number of methoxy groups -OCH3 is 1. The Labute approximate surface area is 109 Å². The second kappa shape index (κ2) is 7.01. The number of hydrogen-bond donors (Lipinski definition) is 2. The molecular formula is C14H22N2O2. The van der Waals surface area contributed by atoms with Crippen LogP contribution in [0.3, 0.4) is 0 Å². The summed E-state index contributed by atoms with van der Waals surface area (Å²) in [7, 11) is 1.59. The van der Waals surface area contributed by atoms with Crippen molar-refractivity contribution in [2.75, 3.05) is 19.0 Å². The Hall–Kier alpha value is -1.55. The molecule has 0 saturated carbocycles. The number of amides is 1. The maximum atomic E-state index is 12.0. The second-order valence-electron chi connectivity index (χ2n) is 4.22. The van der Waals surface area contributed by atoms with Crippen LogP contribution in [0.2, 0.25) is 0 Å². The summed E-state index contributed by atoms with van der Waals surface area (Å²) in [6, 6.07) is 5.81. The summed E-state index contributed by atoms with van der Waals surface area (Å²) in [6.45, 7) is 4.39. The molecule has 0 radical (unpaired) electrons. The van der Waals surface area contributed by atoms with E-state index in [1.54, 1.807) is 7.11 Å². The van der Waals surface area contributed by atoms with Crippen molar-refractivity contribution in [2.24, 2.45) is 11.7 Å². The fourth-order valence-electron chi connectivity index (χ4n) is 1.77. The minimum Gasteiger partial charge on any atom is -0.495 e. The van der Waals surface area contributed by atoms with Gasteiger partial charge in [-0.05, 0) is 30.5 Å². The topological polar surface area (TPSA) is 64.3 Å². The molecule has 1 unspecified atom stereocenters. The fraction of sp³-hybridized carbons (Fsp3) is 0.500. The van der Waals surface area contributed by atoms with Crippen LogP contribution in [0.25, 0.3) is 0 Å². The summed E-state index contributed by atoms with van der Waals surface area (Å²) in [5.74, 6) is 0.471. The average molecular weight is 250 g/mol. The van der Waals surface area contributed by atoms with Crippen molar-refractivity contribution in [1.29, 1.82) is 0 Å². The van der Waals surface area contributed by atoms with E-state index in [1.807, 2.05) is 25.1 Å². The molecule has 0 heterocycles. The Balaban J connectivity index is 2.91. The van der Waals surface area contributed by atoms with Gasteiger partial charge in [-0.1, -0.05) is 19.9 Å². The lowest BCUT2D eigenvalue weighted by Gasteiger charge is -2.15. The minimum absolute atomic E-state index is 0.0495. The maximum Gasteiger partial charge on any atom is 0.228 e. The van der Waals surface area contributed by atoms with Crippen molar-refractivity contribution in [3.05, 3.63) is 23.8 Å². The summed E-state index contributed by atoms with van der Waals surface area (Å²) in [5.41, 5.74) is 7.45. The third-order valence-corrected chi connectivity index (χ3v) is 3.08. The lowest BCUT2D eigenvalue weighted by molar-refractivity contribution is -0.119. The fourth-order valence-corrected chi connectivity index (χ4v) is 1.77. The molecule has 0 aliphatic rings. The lowest BCUT2D eigenvalue weighted by atomic mass is 10.1. The molecule has 1 amide bonds. The van der Waals surface area contributed by atoms with E-state index in [0.29, 0.717) is 18.0 Å². The lowest BCUT2D eigenvalue weighted by Crippen LogP contribution is -2.28. The quantitative estimate of drug-likeness (QED) is 0.813. The highest BCUT2D eigenvalue weighted by molar-refractivity contribution is 5.94. The maximum absolute atomic E-state index is 12.0. The number of hydrogen-bond acceptors (Lipinski definition) is 3. The van der Waals surface area contributed by atoms with Gasteiger partial charge in [0.05, 0.1) is 18.7 Å². The molecule has 100 valence electrons. The number of nitrogens with two attached hydrogens (primary N) is 1. The van der Waals surface area contributed by atoms with Gasteiger partial charge in [0.25, 0.3) is 0 Å². The number of aryl methyl sites for hydroxylation is 1. The van der Waals surface area contributed by atoms with E-state index >= 15 is 0 Å². The molecule has 1 atom stereocenters. The molecule has 0 saturated heterocycles. The first kappa shape index (κ1) is 14.5. The van der Waals surface area contributed by atoms with E-state index in [4.69, 9.17) is 10.5 Å². The predicted molar refractivity (Wildman–Crippen MR) is 73.8 cm³/mol. The number of anilines is 1. The number of benzene rings is 1. The molecule has 0 aromatic heterocycles. The molecule has 0 fully saturated rings. The largest absolute Gasteiger partial charge is 0.495 e. The molecule has 1 aromatic rings. The normalized spacial score (nSPS) is 12.0. The van der Waals surface area contributed by atoms with Crippen LogP contribution in [0.4, 0.5) is 5.69 Å². The molecule has 0 spiro atoms. The van der Waals surface area contributed by atoms with Crippen molar-refractivity contribution >= 4 is 11.6 Å². The van der Waals surface area contributed by atoms with E-state index in [9.17, 15) is 4.79 Å². The third kappa shape index (κ3) is 3.47. The van der Waals surface area contributed by atoms with Gasteiger partial charge in [-0.2, -0.15) is 0 Å². The number of carbonyl (C=O) groups excluding carboxylic acids is 1. The molecule has 0 aliphatic heterocycles. The van der Waals surface area contributed by atoms with Gasteiger partial charge in [0.1, 0.15) is 5.75 Å². The van der Waals surface area contributed by atoms with Crippen molar-refractivity contribution in [2.45, 2.75) is 26.7 Å². The van der Waals surface area contributed by atoms with Gasteiger partial charge in [-0.25, -0.2) is 0 Å². The van der Waals surface area contributed by atoms with E-state index in [2.05, 4.69) is 12.2 Å². The first-order valence-electron chi connectivity index (χ1n) is 6.34. The number of nitrogens with one attached hydrogen (secondary N) is 1. The zero-order valence-corrected chi connectivity index (χ0v) is 11.3. The highest BCUT2D eigenvalue weighted by Crippen LogP contribution is 2.26. The first-order chi connectivity index (χ1) is 8.65. The molecule has 1 rings (SSSR count). The van der Waals surface area contributed by atoms with Crippen LogP contribution in [0.5, 0.6) is 5.75 Å². The molecule has 4 heteroatoms. The second-order valence-corrected chi connectivity index (χ2v) is 4.22. The van der Waals surface area contributed by atoms with Gasteiger partial charge in [-0.15, -0.1) is 0 Å². The number of ether oxygens (including phenoxy) is 1. The highest BCUT2D eigenvalue weighted by Gasteiger charge is 2.16. The van der Waals surface area contributed by atoms with Crippen molar-refractivity contribution in [1.82, 2.24) is 0 Å². The summed E-state index contributed by atoms with van der Waals surface area (Å²) >= 11 is 0. The smallest absolute Gasteiger partial charge is 0.228 e. The molecule has 4 nitrogen and oxygen atoms in total. The highest BCUT2D eigenvalue weighted by atomic mass is 16.5. The molecular weight excluding hydrogens is 228 g/mol. The van der Waals surface area contributed by atoms with Gasteiger partial charge >= 0.3 is 0 Å². The van der Waals surface area contributed by atoms with Crippen LogP contribution in [-0.4, -0.2) is 19.6 Å². The summed E-state index contributed by atoms with van der Waals surface area (Å²) in [5, 5.41) is 2.89. The van der Waals surface area contributed by atoms with E-state index < -0.39 is 0 Å². The third-order valence-electron chi connectivity index (χ3n) is 3.08. The van der Waals surface area contributed by atoms with Crippen molar-refractivity contribution < 1.29 is 9.53 Å². The van der Waals surface area contributed by atoms with E-state index in [-0.39, 0.29) is 11.8 Å². The van der Waals surface area contributed by atoms with Crippen LogP contribution in [0.15, 0.2) is 18.2 Å². The Bertz CT molecular complexity index is 401. The van der Waals surface area contributed by atoms with E-state index in [1.165, 1.54) is 0 Å². The van der Waals surface area contributed by atoms with Crippen LogP contribution >= 0.6 is 0 Å². The Morgan fingerprint density at radius 1 is 1.44 bits per heavy atom. The molecule has 1 aromatic carbocycles. The minimum atomic E-state index is -0.153. The zero-order chi connectivity index (χ0) is 13.5. The molecule has 3 N–H and O–H groups in total. The first-order valence-corrected chi connectivity index (χ1v) is 6.34. The van der Waals surface area contributed by atoms with Gasteiger partial charge in [0.2, 0.25) is 5.91 Å². The van der Waals surface area contributed by atoms with Crippen LogP contribution < -0.4 is 15.8 Å². The zero-order valence-electron chi connectivity index (χ0n) is 11.3. The van der Waals surface area contributed by atoms with Crippen LogP contribution in [-0.2, 0) is 11.2 Å². The van der Waals surface area contributed by atoms with Gasteiger partial charge < -0.3 is 15.8 Å². The monoisotopic (exact) mass is 250 g/mol. The number of rotatable bonds is 6. The Kier molecular flexibility index (Phi) is 5.65. The van der Waals surface area contributed by atoms with Crippen LogP contribution in [0.1, 0.15) is 25.8 Å². The molecule has 18 heavy (non-hydrogen) atoms.